The number of hydrogen-bond donors (Lipinski definition) is 0. The molecular formula is C27H24F3N. The first-order valence-corrected chi connectivity index (χ1v) is 10.8. The fourth-order valence-electron chi connectivity index (χ4n) is 4.48. The number of benzene rings is 3. The van der Waals surface area contributed by atoms with E-state index >= 15 is 0 Å². The summed E-state index contributed by atoms with van der Waals surface area (Å²) >= 11 is 0. The minimum atomic E-state index is -0.854. The molecule has 0 radical (unpaired) electrons. The maximum atomic E-state index is 14.8. The van der Waals surface area contributed by atoms with Crippen molar-refractivity contribution < 1.29 is 13.2 Å². The second-order valence-corrected chi connectivity index (χ2v) is 8.31. The van der Waals surface area contributed by atoms with Crippen molar-refractivity contribution >= 4 is 0 Å². The van der Waals surface area contributed by atoms with E-state index in [4.69, 9.17) is 5.26 Å². The van der Waals surface area contributed by atoms with Crippen molar-refractivity contribution in [2.75, 3.05) is 0 Å². The standard InChI is InChI=1S/C27H24F3N/c1-2-3-4-17-5-10-23(25(28)11-17)21-9-8-18-12-20(7-6-19(18)13-21)22-14-26(29)24(16-31)27(30)15-22/h5-7,10-12,14-15,21H,2-4,8-9,13H2,1H3. The minimum Gasteiger partial charge on any atom is -0.207 e. The Bertz CT molecular complexity index is 1140. The van der Waals surface area contributed by atoms with Crippen molar-refractivity contribution in [1.29, 1.82) is 5.26 Å². The van der Waals surface area contributed by atoms with Crippen LogP contribution in [0.4, 0.5) is 13.2 Å². The van der Waals surface area contributed by atoms with Crippen molar-refractivity contribution in [1.82, 2.24) is 0 Å². The Kier molecular flexibility index (Phi) is 6.13. The van der Waals surface area contributed by atoms with Crippen LogP contribution in [0.1, 0.15) is 59.9 Å². The first-order valence-electron chi connectivity index (χ1n) is 10.8. The van der Waals surface area contributed by atoms with Crippen molar-refractivity contribution in [3.8, 4) is 17.2 Å². The van der Waals surface area contributed by atoms with Crippen LogP contribution in [0.3, 0.4) is 0 Å². The van der Waals surface area contributed by atoms with Gasteiger partial charge in [0.25, 0.3) is 0 Å². The highest BCUT2D eigenvalue weighted by atomic mass is 19.1. The first kappa shape index (κ1) is 21.2. The van der Waals surface area contributed by atoms with E-state index in [1.54, 1.807) is 12.1 Å². The van der Waals surface area contributed by atoms with Gasteiger partial charge in [0.2, 0.25) is 0 Å². The molecule has 0 heterocycles. The molecule has 0 fully saturated rings. The van der Waals surface area contributed by atoms with Gasteiger partial charge < -0.3 is 0 Å². The second kappa shape index (κ2) is 8.98. The predicted molar refractivity (Wildman–Crippen MR) is 116 cm³/mol. The van der Waals surface area contributed by atoms with Crippen molar-refractivity contribution in [2.45, 2.75) is 51.4 Å². The maximum Gasteiger partial charge on any atom is 0.144 e. The van der Waals surface area contributed by atoms with Crippen LogP contribution in [-0.4, -0.2) is 0 Å². The molecule has 0 saturated carbocycles. The lowest BCUT2D eigenvalue weighted by Crippen LogP contribution is -2.14. The molecular weight excluding hydrogens is 395 g/mol. The highest BCUT2D eigenvalue weighted by molar-refractivity contribution is 5.66. The fourth-order valence-corrected chi connectivity index (χ4v) is 4.48. The summed E-state index contributed by atoms with van der Waals surface area (Å²) in [4.78, 5) is 0. The number of hydrogen-bond acceptors (Lipinski definition) is 1. The smallest absolute Gasteiger partial charge is 0.144 e. The third-order valence-corrected chi connectivity index (χ3v) is 6.25. The topological polar surface area (TPSA) is 23.8 Å². The number of nitrogens with zero attached hydrogens (tertiary/aromatic N) is 1. The molecule has 1 atom stereocenters. The number of aryl methyl sites for hydroxylation is 2. The van der Waals surface area contributed by atoms with Gasteiger partial charge in [0, 0.05) is 0 Å². The Hall–Kier alpha value is -3.06. The Balaban J connectivity index is 1.56. The lowest BCUT2D eigenvalue weighted by molar-refractivity contribution is 0.533. The summed E-state index contributed by atoms with van der Waals surface area (Å²) in [6.07, 6.45) is 5.42. The van der Waals surface area contributed by atoms with E-state index in [2.05, 4.69) is 6.92 Å². The molecule has 3 aromatic rings. The molecule has 1 nitrogen and oxygen atoms in total. The zero-order chi connectivity index (χ0) is 22.0. The van der Waals surface area contributed by atoms with E-state index in [1.165, 1.54) is 12.1 Å². The SMILES string of the molecule is CCCCc1ccc(C2CCc3cc(-c4cc(F)c(C#N)c(F)c4)ccc3C2)c(F)c1. The quantitative estimate of drug-likeness (QED) is 0.427. The van der Waals surface area contributed by atoms with E-state index in [-0.39, 0.29) is 11.7 Å². The first-order chi connectivity index (χ1) is 15.0. The molecule has 158 valence electrons. The molecule has 1 aliphatic rings. The minimum absolute atomic E-state index is 0.123. The van der Waals surface area contributed by atoms with Crippen molar-refractivity contribution in [2.24, 2.45) is 0 Å². The summed E-state index contributed by atoms with van der Waals surface area (Å²) in [5.74, 6) is -1.70. The molecule has 0 bridgehead atoms. The molecule has 1 unspecified atom stereocenters. The zero-order valence-electron chi connectivity index (χ0n) is 17.5. The van der Waals surface area contributed by atoms with E-state index in [0.717, 1.165) is 60.8 Å². The van der Waals surface area contributed by atoms with Gasteiger partial charge in [-0.2, -0.15) is 5.26 Å². The molecule has 3 aromatic carbocycles. The van der Waals surface area contributed by atoms with Gasteiger partial charge in [0.1, 0.15) is 29.1 Å². The van der Waals surface area contributed by atoms with E-state index in [9.17, 15) is 13.2 Å². The maximum absolute atomic E-state index is 14.8. The van der Waals surface area contributed by atoms with Gasteiger partial charge in [-0.05, 0) is 89.6 Å². The summed E-state index contributed by atoms with van der Waals surface area (Å²) in [6.45, 7) is 2.13. The predicted octanol–water partition coefficient (Wildman–Crippen LogP) is 7.26. The zero-order valence-corrected chi connectivity index (χ0v) is 17.5. The van der Waals surface area contributed by atoms with Crippen molar-refractivity contribution in [3.05, 3.63) is 93.8 Å². The summed E-state index contributed by atoms with van der Waals surface area (Å²) < 4.78 is 42.8. The number of fused-ring (bicyclic) bond motifs is 1. The Morgan fingerprint density at radius 2 is 1.68 bits per heavy atom. The summed E-state index contributed by atoms with van der Waals surface area (Å²) in [5, 5.41) is 8.85. The van der Waals surface area contributed by atoms with E-state index < -0.39 is 17.2 Å². The molecule has 0 N–H and O–H groups in total. The van der Waals surface area contributed by atoms with Crippen LogP contribution < -0.4 is 0 Å². The average Bonchev–Trinajstić information content (AvgIpc) is 2.77. The van der Waals surface area contributed by atoms with Gasteiger partial charge in [0.15, 0.2) is 0 Å². The summed E-state index contributed by atoms with van der Waals surface area (Å²) in [5.41, 5.74) is 4.64. The normalized spacial score (nSPS) is 15.4. The van der Waals surface area contributed by atoms with Crippen LogP contribution in [0.5, 0.6) is 0 Å². The van der Waals surface area contributed by atoms with Gasteiger partial charge in [-0.3, -0.25) is 0 Å². The monoisotopic (exact) mass is 419 g/mol. The van der Waals surface area contributed by atoms with Crippen LogP contribution in [0, 0.1) is 28.8 Å². The largest absolute Gasteiger partial charge is 0.207 e. The fraction of sp³-hybridized carbons (Fsp3) is 0.296. The number of rotatable bonds is 5. The molecule has 1 aliphatic carbocycles. The van der Waals surface area contributed by atoms with Crippen LogP contribution >= 0.6 is 0 Å². The molecule has 0 saturated heterocycles. The van der Waals surface area contributed by atoms with Gasteiger partial charge in [0.05, 0.1) is 0 Å². The molecule has 4 rings (SSSR count). The number of halogens is 3. The lowest BCUT2D eigenvalue weighted by atomic mass is 9.79. The molecule has 0 aliphatic heterocycles. The molecule has 0 amide bonds. The van der Waals surface area contributed by atoms with Crippen LogP contribution in [0.15, 0.2) is 48.5 Å². The Morgan fingerprint density at radius 3 is 2.35 bits per heavy atom. The molecule has 0 aromatic heterocycles. The summed E-state index contributed by atoms with van der Waals surface area (Å²) in [7, 11) is 0. The van der Waals surface area contributed by atoms with Crippen LogP contribution in [0.25, 0.3) is 11.1 Å². The van der Waals surface area contributed by atoms with Gasteiger partial charge in [-0.15, -0.1) is 0 Å². The van der Waals surface area contributed by atoms with Crippen LogP contribution in [0.2, 0.25) is 0 Å². The third kappa shape index (κ3) is 4.37. The highest BCUT2D eigenvalue weighted by Crippen LogP contribution is 2.36. The van der Waals surface area contributed by atoms with Crippen molar-refractivity contribution in [3.63, 3.8) is 0 Å². The molecule has 4 heteroatoms. The van der Waals surface area contributed by atoms with Gasteiger partial charge in [-0.25, -0.2) is 13.2 Å². The number of nitriles is 1. The molecule has 0 spiro atoms. The van der Waals surface area contributed by atoms with Gasteiger partial charge >= 0.3 is 0 Å². The lowest BCUT2D eigenvalue weighted by Gasteiger charge is -2.26. The number of unbranched alkanes of at least 4 members (excludes halogenated alkanes) is 1. The average molecular weight is 419 g/mol. The summed E-state index contributed by atoms with van der Waals surface area (Å²) in [6, 6.07) is 15.4. The Labute approximate surface area is 181 Å². The Morgan fingerprint density at radius 1 is 0.903 bits per heavy atom. The third-order valence-electron chi connectivity index (χ3n) is 6.25. The van der Waals surface area contributed by atoms with Crippen LogP contribution in [-0.2, 0) is 19.3 Å². The van der Waals surface area contributed by atoms with E-state index in [0.29, 0.717) is 11.1 Å². The van der Waals surface area contributed by atoms with Gasteiger partial charge in [-0.1, -0.05) is 43.7 Å². The highest BCUT2D eigenvalue weighted by Gasteiger charge is 2.23. The van der Waals surface area contributed by atoms with E-state index in [1.807, 2.05) is 30.3 Å². The second-order valence-electron chi connectivity index (χ2n) is 8.31. The molecule has 31 heavy (non-hydrogen) atoms.